The highest BCUT2D eigenvalue weighted by atomic mass is 32.2. The molecule has 5 heteroatoms. The second-order valence-electron chi connectivity index (χ2n) is 4.61. The van der Waals surface area contributed by atoms with Gasteiger partial charge in [0.1, 0.15) is 5.40 Å². The van der Waals surface area contributed by atoms with Gasteiger partial charge in [0.2, 0.25) is 0 Å². The molecule has 0 unspecified atom stereocenters. The van der Waals surface area contributed by atoms with E-state index in [0.29, 0.717) is 24.7 Å². The molecule has 0 bridgehead atoms. The summed E-state index contributed by atoms with van der Waals surface area (Å²) in [4.78, 5) is 12.6. The molecule has 0 aliphatic heterocycles. The maximum Gasteiger partial charge on any atom is 0.265 e. The number of aromatic nitrogens is 1. The number of benzene rings is 1. The summed E-state index contributed by atoms with van der Waals surface area (Å²) in [6.45, 7) is 3.37. The van der Waals surface area contributed by atoms with Crippen LogP contribution in [-0.2, 0) is 17.9 Å². The summed E-state index contributed by atoms with van der Waals surface area (Å²) in [7, 11) is 0. The molecule has 0 radical (unpaired) electrons. The molecule has 0 N–H and O–H groups in total. The third-order valence-corrected chi connectivity index (χ3v) is 3.54. The van der Waals surface area contributed by atoms with Gasteiger partial charge >= 0.3 is 0 Å². The molecule has 0 aliphatic rings. The highest BCUT2D eigenvalue weighted by Gasteiger charge is 2.05. The topological polar surface area (TPSA) is 55.0 Å². The quantitative estimate of drug-likeness (QED) is 0.467. The number of rotatable bonds is 6. The van der Waals surface area contributed by atoms with Gasteiger partial charge in [-0.25, -0.2) is 0 Å². The predicted molar refractivity (Wildman–Crippen MR) is 83.0 cm³/mol. The SMILES string of the molecule is Cc1cc(SC#N)c(=O)n(CCOCc2ccccc2)c1. The standard InChI is InChI=1S/C16H16N2O2S/c1-13-9-15(21-12-17)16(19)18(10-13)7-8-20-11-14-5-3-2-4-6-14/h2-6,9-10H,7-8,11H2,1H3. The summed E-state index contributed by atoms with van der Waals surface area (Å²) in [5.74, 6) is 0. The van der Waals surface area contributed by atoms with Gasteiger partial charge in [-0.2, -0.15) is 5.26 Å². The zero-order chi connectivity index (χ0) is 15.1. The Balaban J connectivity index is 1.94. The first-order chi connectivity index (χ1) is 10.2. The molecule has 0 atom stereocenters. The largest absolute Gasteiger partial charge is 0.375 e. The van der Waals surface area contributed by atoms with Gasteiger partial charge in [-0.05, 0) is 35.9 Å². The number of ether oxygens (including phenoxy) is 1. The maximum atomic E-state index is 12.1. The zero-order valence-corrected chi connectivity index (χ0v) is 12.6. The lowest BCUT2D eigenvalue weighted by atomic mass is 10.2. The Morgan fingerprint density at radius 2 is 2.10 bits per heavy atom. The molecule has 1 heterocycles. The van der Waals surface area contributed by atoms with Gasteiger partial charge in [0.25, 0.3) is 5.56 Å². The number of pyridine rings is 1. The Labute approximate surface area is 128 Å². The summed E-state index contributed by atoms with van der Waals surface area (Å²) in [6, 6.07) is 11.6. The molecule has 0 saturated heterocycles. The van der Waals surface area contributed by atoms with Gasteiger partial charge in [-0.1, -0.05) is 30.3 Å². The third-order valence-electron chi connectivity index (χ3n) is 2.93. The zero-order valence-electron chi connectivity index (χ0n) is 11.8. The summed E-state index contributed by atoms with van der Waals surface area (Å²) in [5.41, 5.74) is 1.92. The first kappa shape index (κ1) is 15.4. The first-order valence-electron chi connectivity index (χ1n) is 6.59. The number of hydrogen-bond donors (Lipinski definition) is 0. The van der Waals surface area contributed by atoms with Crippen molar-refractivity contribution in [1.29, 1.82) is 5.26 Å². The summed E-state index contributed by atoms with van der Waals surface area (Å²) < 4.78 is 7.18. The predicted octanol–water partition coefficient (Wildman–Crippen LogP) is 2.95. The van der Waals surface area contributed by atoms with Crippen LogP contribution in [0.1, 0.15) is 11.1 Å². The van der Waals surface area contributed by atoms with E-state index in [9.17, 15) is 4.79 Å². The molecule has 2 rings (SSSR count). The van der Waals surface area contributed by atoms with Crippen LogP contribution in [0.4, 0.5) is 0 Å². The number of thiocyanates is 1. The van der Waals surface area contributed by atoms with Crippen molar-refractivity contribution in [3.63, 3.8) is 0 Å². The van der Waals surface area contributed by atoms with Crippen molar-refractivity contribution in [1.82, 2.24) is 4.57 Å². The molecule has 0 saturated carbocycles. The van der Waals surface area contributed by atoms with E-state index >= 15 is 0 Å². The molecule has 0 spiro atoms. The Kier molecular flexibility index (Phi) is 5.61. The van der Waals surface area contributed by atoms with E-state index in [4.69, 9.17) is 10.00 Å². The van der Waals surface area contributed by atoms with Crippen molar-refractivity contribution in [2.24, 2.45) is 0 Å². The van der Waals surface area contributed by atoms with Crippen molar-refractivity contribution in [2.45, 2.75) is 25.0 Å². The highest BCUT2D eigenvalue weighted by molar-refractivity contribution is 8.03. The Bertz CT molecular complexity index is 690. The molecule has 0 fully saturated rings. The lowest BCUT2D eigenvalue weighted by molar-refractivity contribution is 0.112. The fraction of sp³-hybridized carbons (Fsp3) is 0.250. The molecule has 0 aliphatic carbocycles. The molecular weight excluding hydrogens is 284 g/mol. The van der Waals surface area contributed by atoms with Crippen LogP contribution < -0.4 is 5.56 Å². The van der Waals surface area contributed by atoms with Gasteiger partial charge in [0.15, 0.2) is 0 Å². The first-order valence-corrected chi connectivity index (χ1v) is 7.41. The van der Waals surface area contributed by atoms with Gasteiger partial charge in [0.05, 0.1) is 18.1 Å². The van der Waals surface area contributed by atoms with E-state index in [2.05, 4.69) is 0 Å². The van der Waals surface area contributed by atoms with Crippen LogP contribution in [0.25, 0.3) is 0 Å². The lowest BCUT2D eigenvalue weighted by Gasteiger charge is -2.09. The monoisotopic (exact) mass is 300 g/mol. The maximum absolute atomic E-state index is 12.1. The van der Waals surface area contributed by atoms with Crippen LogP contribution in [0, 0.1) is 17.6 Å². The Morgan fingerprint density at radius 1 is 1.33 bits per heavy atom. The average molecular weight is 300 g/mol. The fourth-order valence-electron chi connectivity index (χ4n) is 1.97. The average Bonchev–Trinajstić information content (AvgIpc) is 2.49. The number of aryl methyl sites for hydroxylation is 1. The molecule has 4 nitrogen and oxygen atoms in total. The van der Waals surface area contributed by atoms with Crippen molar-refractivity contribution >= 4 is 11.8 Å². The van der Waals surface area contributed by atoms with Crippen LogP contribution in [0.5, 0.6) is 0 Å². The van der Waals surface area contributed by atoms with Crippen LogP contribution in [0.3, 0.4) is 0 Å². The van der Waals surface area contributed by atoms with Crippen molar-refractivity contribution in [3.05, 3.63) is 64.1 Å². The van der Waals surface area contributed by atoms with E-state index < -0.39 is 0 Å². The van der Waals surface area contributed by atoms with Gasteiger partial charge < -0.3 is 9.30 Å². The Morgan fingerprint density at radius 3 is 2.81 bits per heavy atom. The van der Waals surface area contributed by atoms with E-state index in [1.165, 1.54) is 0 Å². The van der Waals surface area contributed by atoms with Gasteiger partial charge in [-0.15, -0.1) is 0 Å². The number of nitrogens with zero attached hydrogens (tertiary/aromatic N) is 2. The minimum Gasteiger partial charge on any atom is -0.375 e. The Hall–Kier alpha value is -2.03. The number of nitriles is 1. The van der Waals surface area contributed by atoms with E-state index in [1.54, 1.807) is 16.8 Å². The van der Waals surface area contributed by atoms with Crippen molar-refractivity contribution < 1.29 is 4.74 Å². The van der Waals surface area contributed by atoms with Crippen LogP contribution in [-0.4, -0.2) is 11.2 Å². The van der Waals surface area contributed by atoms with Crippen LogP contribution in [0.15, 0.2) is 52.3 Å². The summed E-state index contributed by atoms with van der Waals surface area (Å²) in [5, 5.41) is 10.6. The highest BCUT2D eigenvalue weighted by Crippen LogP contribution is 2.12. The van der Waals surface area contributed by atoms with E-state index in [-0.39, 0.29) is 5.56 Å². The normalized spacial score (nSPS) is 10.3. The fourth-order valence-corrected chi connectivity index (χ4v) is 2.52. The smallest absolute Gasteiger partial charge is 0.265 e. The number of hydrogen-bond acceptors (Lipinski definition) is 4. The minimum absolute atomic E-state index is 0.143. The lowest BCUT2D eigenvalue weighted by Crippen LogP contribution is -2.23. The molecule has 21 heavy (non-hydrogen) atoms. The van der Waals surface area contributed by atoms with Gasteiger partial charge in [-0.3, -0.25) is 4.79 Å². The molecular formula is C16H16N2O2S. The van der Waals surface area contributed by atoms with Crippen molar-refractivity contribution in [2.75, 3.05) is 6.61 Å². The minimum atomic E-state index is -0.143. The van der Waals surface area contributed by atoms with Gasteiger partial charge in [0, 0.05) is 12.7 Å². The summed E-state index contributed by atoms with van der Waals surface area (Å²) in [6.07, 6.45) is 1.79. The van der Waals surface area contributed by atoms with Crippen molar-refractivity contribution in [3.8, 4) is 5.40 Å². The second kappa shape index (κ2) is 7.67. The second-order valence-corrected chi connectivity index (χ2v) is 5.44. The molecule has 2 aromatic rings. The van der Waals surface area contributed by atoms with Crippen LogP contribution >= 0.6 is 11.8 Å². The molecule has 108 valence electrons. The third kappa shape index (κ3) is 4.48. The summed E-state index contributed by atoms with van der Waals surface area (Å²) >= 11 is 0.898. The molecule has 0 amide bonds. The molecule has 1 aromatic carbocycles. The molecule has 1 aromatic heterocycles. The van der Waals surface area contributed by atoms with E-state index in [0.717, 1.165) is 22.9 Å². The van der Waals surface area contributed by atoms with E-state index in [1.807, 2.05) is 42.7 Å². The number of thioether (sulfide) groups is 1. The van der Waals surface area contributed by atoms with Crippen LogP contribution in [0.2, 0.25) is 0 Å².